The number of hydrogen-bond donors (Lipinski definition) is 1. The van der Waals surface area contributed by atoms with E-state index in [1.54, 1.807) is 0 Å². The van der Waals surface area contributed by atoms with Gasteiger partial charge in [0.25, 0.3) is 0 Å². The molecule has 4 saturated carbocycles. The average Bonchev–Trinajstić information content (AvgIpc) is 2.76. The summed E-state index contributed by atoms with van der Waals surface area (Å²) < 4.78 is 13.1. The minimum Gasteiger partial charge on any atom is -0.490 e. The molecule has 0 saturated heterocycles. The van der Waals surface area contributed by atoms with Crippen LogP contribution in [0.5, 0.6) is 11.5 Å². The summed E-state index contributed by atoms with van der Waals surface area (Å²) in [5, 5.41) is 4.62. The molecule has 1 atom stereocenters. The van der Waals surface area contributed by atoms with Gasteiger partial charge in [-0.3, -0.25) is 0 Å². The van der Waals surface area contributed by atoms with E-state index in [0.717, 1.165) is 50.9 Å². The van der Waals surface area contributed by atoms with E-state index >= 15 is 0 Å². The molecule has 0 aliphatic heterocycles. The van der Waals surface area contributed by atoms with Gasteiger partial charge in [-0.25, -0.2) is 0 Å². The number of benzene rings is 2. The summed E-state index contributed by atoms with van der Waals surface area (Å²) in [4.78, 5) is 0. The zero-order chi connectivity index (χ0) is 23.0. The van der Waals surface area contributed by atoms with Crippen LogP contribution in [0.4, 0.5) is 0 Å². The molecule has 4 bridgehead atoms. The molecule has 5 heteroatoms. The molecule has 0 heterocycles. The summed E-state index contributed by atoms with van der Waals surface area (Å²) in [5.74, 6) is 4.48. The van der Waals surface area contributed by atoms with Crippen molar-refractivity contribution in [1.82, 2.24) is 5.32 Å². The second-order valence-corrected chi connectivity index (χ2v) is 11.9. The molecule has 0 spiro atoms. The molecule has 2 aromatic carbocycles. The number of ether oxygens (including phenoxy) is 2. The maximum absolute atomic E-state index is 6.16. The van der Waals surface area contributed by atoms with E-state index < -0.39 is 0 Å². The Kier molecular flexibility index (Phi) is 6.98. The van der Waals surface area contributed by atoms with E-state index in [1.807, 2.05) is 31.2 Å². The van der Waals surface area contributed by atoms with Crippen LogP contribution in [0.2, 0.25) is 5.02 Å². The van der Waals surface area contributed by atoms with Crippen LogP contribution in [0.1, 0.15) is 63.5 Å². The molecule has 33 heavy (non-hydrogen) atoms. The molecule has 1 N–H and O–H groups in total. The van der Waals surface area contributed by atoms with Gasteiger partial charge in [-0.05, 0) is 127 Å². The Morgan fingerprint density at radius 3 is 2.36 bits per heavy atom. The number of hydrogen-bond acceptors (Lipinski definition) is 3. The van der Waals surface area contributed by atoms with Gasteiger partial charge < -0.3 is 14.8 Å². The maximum Gasteiger partial charge on any atom is 0.175 e. The fourth-order valence-corrected chi connectivity index (χ4v) is 7.92. The highest BCUT2D eigenvalue weighted by atomic mass is 79.9. The van der Waals surface area contributed by atoms with Crippen molar-refractivity contribution < 1.29 is 9.47 Å². The average molecular weight is 533 g/mol. The molecule has 1 unspecified atom stereocenters. The minimum absolute atomic E-state index is 0.444. The highest BCUT2D eigenvalue weighted by Gasteiger charge is 2.52. The predicted molar refractivity (Wildman–Crippen MR) is 138 cm³/mol. The van der Waals surface area contributed by atoms with Crippen molar-refractivity contribution in [2.75, 3.05) is 6.61 Å². The van der Waals surface area contributed by atoms with Crippen LogP contribution in [-0.2, 0) is 13.2 Å². The first-order valence-corrected chi connectivity index (χ1v) is 13.7. The van der Waals surface area contributed by atoms with E-state index in [4.69, 9.17) is 21.1 Å². The Balaban J connectivity index is 1.27. The van der Waals surface area contributed by atoms with Crippen molar-refractivity contribution in [1.29, 1.82) is 0 Å². The Morgan fingerprint density at radius 2 is 1.73 bits per heavy atom. The van der Waals surface area contributed by atoms with Gasteiger partial charge in [0.15, 0.2) is 11.5 Å². The zero-order valence-corrected chi connectivity index (χ0v) is 22.1. The van der Waals surface area contributed by atoms with Crippen molar-refractivity contribution in [2.24, 2.45) is 23.2 Å². The fourth-order valence-electron chi connectivity index (χ4n) is 7.10. The molecular weight excluding hydrogens is 498 g/mol. The maximum atomic E-state index is 6.16. The summed E-state index contributed by atoms with van der Waals surface area (Å²) in [7, 11) is 0. The molecule has 3 nitrogen and oxygen atoms in total. The third-order valence-electron chi connectivity index (χ3n) is 8.26. The third-order valence-corrected chi connectivity index (χ3v) is 9.08. The van der Waals surface area contributed by atoms with E-state index in [0.29, 0.717) is 24.7 Å². The summed E-state index contributed by atoms with van der Waals surface area (Å²) in [6, 6.07) is 12.6. The van der Waals surface area contributed by atoms with Gasteiger partial charge in [-0.15, -0.1) is 0 Å². The van der Waals surface area contributed by atoms with Crippen LogP contribution in [-0.4, -0.2) is 12.6 Å². The first-order chi connectivity index (χ1) is 15.9. The molecule has 6 rings (SSSR count). The Bertz CT molecular complexity index is 959. The lowest BCUT2D eigenvalue weighted by Gasteiger charge is -2.59. The van der Waals surface area contributed by atoms with Crippen molar-refractivity contribution in [3.05, 3.63) is 57.0 Å². The first kappa shape index (κ1) is 23.5. The highest BCUT2D eigenvalue weighted by molar-refractivity contribution is 9.10. The van der Waals surface area contributed by atoms with Gasteiger partial charge in [0, 0.05) is 17.6 Å². The van der Waals surface area contributed by atoms with E-state index in [2.05, 4.69) is 40.3 Å². The molecule has 178 valence electrons. The number of halogens is 2. The quantitative estimate of drug-likeness (QED) is 0.358. The van der Waals surface area contributed by atoms with Gasteiger partial charge in [0.1, 0.15) is 6.61 Å². The van der Waals surface area contributed by atoms with E-state index in [9.17, 15) is 0 Å². The molecule has 4 aliphatic carbocycles. The van der Waals surface area contributed by atoms with Gasteiger partial charge >= 0.3 is 0 Å². The zero-order valence-electron chi connectivity index (χ0n) is 19.7. The lowest BCUT2D eigenvalue weighted by molar-refractivity contribution is -0.0706. The predicted octanol–water partition coefficient (Wildman–Crippen LogP) is 7.77. The van der Waals surface area contributed by atoms with Gasteiger partial charge in [-0.1, -0.05) is 23.7 Å². The first-order valence-electron chi connectivity index (χ1n) is 12.5. The number of nitrogens with one attached hydrogen (secondary N) is 1. The molecule has 0 radical (unpaired) electrons. The minimum atomic E-state index is 0.444. The Morgan fingerprint density at radius 1 is 1.03 bits per heavy atom. The van der Waals surface area contributed by atoms with Crippen LogP contribution in [0.3, 0.4) is 0 Å². The monoisotopic (exact) mass is 531 g/mol. The lowest BCUT2D eigenvalue weighted by atomic mass is 9.48. The van der Waals surface area contributed by atoms with Crippen molar-refractivity contribution in [3.8, 4) is 11.5 Å². The SMILES string of the molecule is CCOc1cc(CNC(C)C23CC4CC(CC(C4)C2)C3)cc(Br)c1OCc1cccc(Cl)c1. The largest absolute Gasteiger partial charge is 0.490 e. The highest BCUT2D eigenvalue weighted by Crippen LogP contribution is 2.61. The van der Waals surface area contributed by atoms with Crippen molar-refractivity contribution in [2.45, 2.75) is 71.6 Å². The second-order valence-electron chi connectivity index (χ2n) is 10.6. The molecule has 4 aliphatic rings. The Hall–Kier alpha value is -1.23. The smallest absolute Gasteiger partial charge is 0.175 e. The van der Waals surface area contributed by atoms with E-state index in [-0.39, 0.29) is 0 Å². The Labute approximate surface area is 211 Å². The molecular formula is C28H35BrClNO2. The normalized spacial score (nSPS) is 28.7. The summed E-state index contributed by atoms with van der Waals surface area (Å²) in [6.45, 7) is 6.32. The molecule has 4 fully saturated rings. The fraction of sp³-hybridized carbons (Fsp3) is 0.571. The number of rotatable bonds is 9. The van der Waals surface area contributed by atoms with Gasteiger partial charge in [0.2, 0.25) is 0 Å². The van der Waals surface area contributed by atoms with Crippen LogP contribution in [0.25, 0.3) is 0 Å². The van der Waals surface area contributed by atoms with Crippen LogP contribution < -0.4 is 14.8 Å². The van der Waals surface area contributed by atoms with Gasteiger partial charge in [0.05, 0.1) is 11.1 Å². The van der Waals surface area contributed by atoms with Crippen LogP contribution in [0.15, 0.2) is 40.9 Å². The molecule has 2 aromatic rings. The third kappa shape index (κ3) is 5.09. The topological polar surface area (TPSA) is 30.5 Å². The van der Waals surface area contributed by atoms with Crippen LogP contribution in [0, 0.1) is 23.2 Å². The summed E-state index contributed by atoms with van der Waals surface area (Å²) >= 11 is 9.86. The molecule has 0 aromatic heterocycles. The summed E-state index contributed by atoms with van der Waals surface area (Å²) in [5.41, 5.74) is 2.76. The lowest BCUT2D eigenvalue weighted by Crippen LogP contribution is -2.54. The molecule has 0 amide bonds. The standard InChI is InChI=1S/C28H35BrClNO2/c1-3-32-26-12-23(11-25(29)27(26)33-17-19-5-4-6-24(30)10-19)16-31-18(2)28-13-20-7-21(14-28)9-22(8-20)15-28/h4-6,10-12,18,20-22,31H,3,7-9,13-17H2,1-2H3. The van der Waals surface area contributed by atoms with Crippen LogP contribution >= 0.6 is 27.5 Å². The summed E-state index contributed by atoms with van der Waals surface area (Å²) in [6.07, 6.45) is 8.76. The second kappa shape index (κ2) is 9.79. The van der Waals surface area contributed by atoms with Crippen molar-refractivity contribution in [3.63, 3.8) is 0 Å². The van der Waals surface area contributed by atoms with Gasteiger partial charge in [-0.2, -0.15) is 0 Å². The van der Waals surface area contributed by atoms with E-state index in [1.165, 1.54) is 44.1 Å². The van der Waals surface area contributed by atoms with Crippen molar-refractivity contribution >= 4 is 27.5 Å².